The Labute approximate surface area is 212 Å². The van der Waals surface area contributed by atoms with E-state index in [1.807, 2.05) is 35.0 Å². The number of carbonyl (C=O) groups excluding carboxylic acids is 1. The number of hydrogen-bond acceptors (Lipinski definition) is 6. The number of ketones is 1. The first kappa shape index (κ1) is 23.3. The molecule has 0 amide bonds. The van der Waals surface area contributed by atoms with Gasteiger partial charge in [0, 0.05) is 39.1 Å². The van der Waals surface area contributed by atoms with E-state index in [1.165, 1.54) is 0 Å². The van der Waals surface area contributed by atoms with E-state index >= 15 is 0 Å². The standard InChI is InChI=1S/C25H24Cl2N4O2S/c1-2-12-34-25-29-24-28-20-4-3-5-21(32)22(20)23(31(24)30-25)15-7-10-18(11-8-15)33-14-16-6-9-17(26)13-19(16)27/h6-11,13,23H,2-5,12,14H2,1H3,(H,28,29,30). The van der Waals surface area contributed by atoms with E-state index in [0.717, 1.165) is 52.6 Å². The van der Waals surface area contributed by atoms with Crippen molar-refractivity contribution in [3.05, 3.63) is 74.9 Å². The normalized spacial score (nSPS) is 17.3. The maximum atomic E-state index is 13.0. The second-order valence-corrected chi connectivity index (χ2v) is 10.2. The van der Waals surface area contributed by atoms with Crippen molar-refractivity contribution in [2.24, 2.45) is 0 Å². The minimum atomic E-state index is -0.303. The van der Waals surface area contributed by atoms with Gasteiger partial charge >= 0.3 is 0 Å². The molecule has 1 N–H and O–H groups in total. The average molecular weight is 515 g/mol. The van der Waals surface area contributed by atoms with E-state index in [2.05, 4.69) is 17.2 Å². The predicted molar refractivity (Wildman–Crippen MR) is 136 cm³/mol. The third kappa shape index (κ3) is 4.69. The van der Waals surface area contributed by atoms with Crippen molar-refractivity contribution in [1.29, 1.82) is 0 Å². The summed E-state index contributed by atoms with van der Waals surface area (Å²) in [4.78, 5) is 17.7. The molecule has 5 rings (SSSR count). The molecule has 6 nitrogen and oxygen atoms in total. The Bertz CT molecular complexity index is 1260. The van der Waals surface area contributed by atoms with Gasteiger partial charge in [-0.05, 0) is 49.1 Å². The Morgan fingerprint density at radius 1 is 1.18 bits per heavy atom. The van der Waals surface area contributed by atoms with Crippen LogP contribution in [0.15, 0.2) is 58.9 Å². The molecular formula is C25H24Cl2N4O2S. The molecule has 1 aromatic heterocycles. The second kappa shape index (κ2) is 10.0. The van der Waals surface area contributed by atoms with Gasteiger partial charge in [0.25, 0.3) is 0 Å². The minimum Gasteiger partial charge on any atom is -0.489 e. The Balaban J connectivity index is 1.42. The number of thioether (sulfide) groups is 1. The summed E-state index contributed by atoms with van der Waals surface area (Å²) < 4.78 is 7.79. The number of anilines is 1. The lowest BCUT2D eigenvalue weighted by molar-refractivity contribution is -0.116. The van der Waals surface area contributed by atoms with Crippen LogP contribution in [-0.2, 0) is 11.4 Å². The summed E-state index contributed by atoms with van der Waals surface area (Å²) in [6.45, 7) is 2.47. The summed E-state index contributed by atoms with van der Waals surface area (Å²) in [5, 5.41) is 10.0. The zero-order chi connectivity index (χ0) is 23.7. The van der Waals surface area contributed by atoms with E-state index in [0.29, 0.717) is 34.8 Å². The minimum absolute atomic E-state index is 0.167. The molecule has 0 radical (unpaired) electrons. The zero-order valence-electron chi connectivity index (χ0n) is 18.7. The maximum absolute atomic E-state index is 13.0. The fourth-order valence-electron chi connectivity index (χ4n) is 4.25. The monoisotopic (exact) mass is 514 g/mol. The first-order chi connectivity index (χ1) is 16.5. The smallest absolute Gasteiger partial charge is 0.227 e. The Hall–Kier alpha value is -2.48. The van der Waals surface area contributed by atoms with Crippen LogP contribution >= 0.6 is 35.0 Å². The highest BCUT2D eigenvalue weighted by Gasteiger charge is 2.36. The number of Topliss-reactive ketones (excluding diaryl/α,β-unsaturated/α-hetero) is 1. The van der Waals surface area contributed by atoms with Crippen LogP contribution in [0.1, 0.15) is 49.8 Å². The van der Waals surface area contributed by atoms with E-state index in [9.17, 15) is 4.79 Å². The van der Waals surface area contributed by atoms with Gasteiger partial charge in [0.2, 0.25) is 11.1 Å². The van der Waals surface area contributed by atoms with Crippen molar-refractivity contribution >= 4 is 46.7 Å². The van der Waals surface area contributed by atoms with Crippen molar-refractivity contribution in [3.8, 4) is 5.75 Å². The van der Waals surface area contributed by atoms with Crippen molar-refractivity contribution in [3.63, 3.8) is 0 Å². The van der Waals surface area contributed by atoms with Crippen molar-refractivity contribution in [2.45, 2.75) is 50.4 Å². The molecule has 0 saturated heterocycles. The van der Waals surface area contributed by atoms with Crippen LogP contribution < -0.4 is 10.1 Å². The first-order valence-corrected chi connectivity index (χ1v) is 13.1. The SMILES string of the molecule is CCCSc1nc2n(n1)C(c1ccc(OCc3ccc(Cl)cc3Cl)cc1)C1=C(CCCC1=O)N2. The van der Waals surface area contributed by atoms with Gasteiger partial charge in [0.05, 0.1) is 0 Å². The topological polar surface area (TPSA) is 69.0 Å². The number of ether oxygens (including phenoxy) is 1. The van der Waals surface area contributed by atoms with Crippen molar-refractivity contribution in [1.82, 2.24) is 14.8 Å². The summed E-state index contributed by atoms with van der Waals surface area (Å²) in [6, 6.07) is 12.9. The molecule has 1 atom stereocenters. The van der Waals surface area contributed by atoms with E-state index in [1.54, 1.807) is 23.9 Å². The molecular weight excluding hydrogens is 491 g/mol. The Kier molecular flexibility index (Phi) is 6.86. The average Bonchev–Trinajstić information content (AvgIpc) is 3.24. The van der Waals surface area contributed by atoms with E-state index in [4.69, 9.17) is 33.0 Å². The van der Waals surface area contributed by atoms with Gasteiger partial charge < -0.3 is 10.1 Å². The summed E-state index contributed by atoms with van der Waals surface area (Å²) >= 11 is 13.9. The number of aromatic nitrogens is 3. The highest BCUT2D eigenvalue weighted by molar-refractivity contribution is 7.99. The van der Waals surface area contributed by atoms with Crippen LogP contribution in [0.25, 0.3) is 0 Å². The van der Waals surface area contributed by atoms with Gasteiger partial charge in [0.1, 0.15) is 18.4 Å². The van der Waals surface area contributed by atoms with Crippen LogP contribution in [0, 0.1) is 0 Å². The highest BCUT2D eigenvalue weighted by atomic mass is 35.5. The quantitative estimate of drug-likeness (QED) is 0.354. The lowest BCUT2D eigenvalue weighted by Gasteiger charge is -2.32. The van der Waals surface area contributed by atoms with Crippen molar-refractivity contribution in [2.75, 3.05) is 11.1 Å². The summed E-state index contributed by atoms with van der Waals surface area (Å²) in [7, 11) is 0. The summed E-state index contributed by atoms with van der Waals surface area (Å²) in [5.74, 6) is 2.52. The molecule has 9 heteroatoms. The number of carbonyl (C=O) groups is 1. The third-order valence-electron chi connectivity index (χ3n) is 5.89. The maximum Gasteiger partial charge on any atom is 0.227 e. The number of hydrogen-bond donors (Lipinski definition) is 1. The number of rotatable bonds is 7. The number of allylic oxidation sites excluding steroid dienone is 2. The number of fused-ring (bicyclic) bond motifs is 1. The van der Waals surface area contributed by atoms with Crippen LogP contribution in [0.4, 0.5) is 5.95 Å². The van der Waals surface area contributed by atoms with Gasteiger partial charge in [-0.25, -0.2) is 4.68 Å². The molecule has 1 aliphatic heterocycles. The number of nitrogens with one attached hydrogen (secondary N) is 1. The van der Waals surface area contributed by atoms with Crippen molar-refractivity contribution < 1.29 is 9.53 Å². The molecule has 2 aromatic carbocycles. The molecule has 0 fully saturated rings. The molecule has 2 aliphatic rings. The number of benzene rings is 2. The van der Waals surface area contributed by atoms with Crippen LogP contribution in [-0.4, -0.2) is 26.3 Å². The molecule has 176 valence electrons. The van der Waals surface area contributed by atoms with Crippen LogP contribution in [0.2, 0.25) is 10.0 Å². The highest BCUT2D eigenvalue weighted by Crippen LogP contribution is 2.41. The van der Waals surface area contributed by atoms with E-state index < -0.39 is 0 Å². The van der Waals surface area contributed by atoms with Gasteiger partial charge in [-0.1, -0.05) is 60.1 Å². The van der Waals surface area contributed by atoms with Gasteiger partial charge in [-0.3, -0.25) is 4.79 Å². The Morgan fingerprint density at radius 3 is 2.76 bits per heavy atom. The molecule has 0 bridgehead atoms. The molecule has 34 heavy (non-hydrogen) atoms. The summed E-state index contributed by atoms with van der Waals surface area (Å²) in [6.07, 6.45) is 3.29. The molecule has 0 saturated carbocycles. The Morgan fingerprint density at radius 2 is 2.00 bits per heavy atom. The molecule has 1 unspecified atom stereocenters. The second-order valence-electron chi connectivity index (χ2n) is 8.30. The molecule has 2 heterocycles. The first-order valence-electron chi connectivity index (χ1n) is 11.3. The van der Waals surface area contributed by atoms with Gasteiger partial charge in [0.15, 0.2) is 5.78 Å². The van der Waals surface area contributed by atoms with E-state index in [-0.39, 0.29) is 11.8 Å². The molecule has 3 aromatic rings. The predicted octanol–water partition coefficient (Wildman–Crippen LogP) is 6.69. The van der Waals surface area contributed by atoms with Crippen LogP contribution in [0.3, 0.4) is 0 Å². The lowest BCUT2D eigenvalue weighted by atomic mass is 9.85. The third-order valence-corrected chi connectivity index (χ3v) is 7.52. The van der Waals surface area contributed by atoms with Gasteiger partial charge in [-0.15, -0.1) is 5.10 Å². The number of nitrogens with zero attached hydrogens (tertiary/aromatic N) is 3. The fraction of sp³-hybridized carbons (Fsp3) is 0.320. The molecule has 1 aliphatic carbocycles. The molecule has 0 spiro atoms. The summed E-state index contributed by atoms with van der Waals surface area (Å²) in [5.41, 5.74) is 3.59. The van der Waals surface area contributed by atoms with Gasteiger partial charge in [-0.2, -0.15) is 4.98 Å². The fourth-order valence-corrected chi connectivity index (χ4v) is 5.39. The zero-order valence-corrected chi connectivity index (χ0v) is 21.0. The van der Waals surface area contributed by atoms with Crippen LogP contribution in [0.5, 0.6) is 5.75 Å². The lowest BCUT2D eigenvalue weighted by Crippen LogP contribution is -2.31. The number of halogens is 2. The largest absolute Gasteiger partial charge is 0.489 e.